The molecule has 8 rings (SSSR count). The highest BCUT2D eigenvalue weighted by Crippen LogP contribution is 2.42. The highest BCUT2D eigenvalue weighted by atomic mass is 16.5. The second kappa shape index (κ2) is 12.3. The van der Waals surface area contributed by atoms with Crippen molar-refractivity contribution in [1.82, 2.24) is 34.4 Å². The van der Waals surface area contributed by atoms with Gasteiger partial charge in [-0.2, -0.15) is 0 Å². The number of amides is 1. The molecule has 1 aliphatic heterocycles. The monoisotopic (exact) mass is 652 g/mol. The van der Waals surface area contributed by atoms with Crippen molar-refractivity contribution in [2.45, 2.75) is 30.0 Å². The minimum atomic E-state index is -1.22. The van der Waals surface area contributed by atoms with Gasteiger partial charge in [-0.1, -0.05) is 91.0 Å². The number of ether oxygens (including phenoxy) is 1. The normalized spacial score (nSPS) is 19.4. The molecule has 4 atom stereocenters. The van der Waals surface area contributed by atoms with Gasteiger partial charge in [0.1, 0.15) is 35.6 Å². The number of nitrogens with zero attached hydrogens (tertiary/aromatic N) is 6. The fourth-order valence-electron chi connectivity index (χ4n) is 6.96. The summed E-state index contributed by atoms with van der Waals surface area (Å²) in [5.41, 5.74) is 10.8. The third-order valence-corrected chi connectivity index (χ3v) is 9.25. The van der Waals surface area contributed by atoms with E-state index in [1.807, 2.05) is 67.0 Å². The number of rotatable bonds is 8. The van der Waals surface area contributed by atoms with E-state index in [0.29, 0.717) is 22.2 Å². The first kappa shape index (κ1) is 30.4. The van der Waals surface area contributed by atoms with Gasteiger partial charge in [0, 0.05) is 5.56 Å². The molecule has 244 valence electrons. The van der Waals surface area contributed by atoms with Crippen LogP contribution in [0.2, 0.25) is 0 Å². The lowest BCUT2D eigenvalue weighted by atomic mass is 9.76. The van der Waals surface area contributed by atoms with Crippen molar-refractivity contribution in [3.63, 3.8) is 0 Å². The summed E-state index contributed by atoms with van der Waals surface area (Å²) in [4.78, 5) is 31.2. The number of hydrogen-bond donors (Lipinski definition) is 4. The van der Waals surface area contributed by atoms with E-state index in [1.165, 1.54) is 12.7 Å². The number of aliphatic hydroxyl groups excluding tert-OH is 2. The standard InChI is InChI=1S/C37H32N8O4/c38-33-31-34(40-20-39-33)44(21-42-31)36-30(32(47)29(19-46)49-36)43-35(48)23-16-17-28-27(18-23)41-22-45(28)37(24-10-4-1-5-11-24,25-12-6-2-7-13-25)26-14-8-3-9-15-26/h1-18,20-22,29-30,32,36,46-47H,19H2,(H,43,48)(H2,38,39,40)/t29-,30-,32-,36-/m1/s1. The van der Waals surface area contributed by atoms with Crippen molar-refractivity contribution in [1.29, 1.82) is 0 Å². The molecule has 0 spiro atoms. The summed E-state index contributed by atoms with van der Waals surface area (Å²) in [7, 11) is 0. The molecule has 0 bridgehead atoms. The summed E-state index contributed by atoms with van der Waals surface area (Å²) in [6, 6.07) is 35.3. The molecular formula is C37H32N8O4. The Bertz CT molecular complexity index is 2160. The van der Waals surface area contributed by atoms with Crippen LogP contribution >= 0.6 is 0 Å². The second-order valence-electron chi connectivity index (χ2n) is 11.9. The third-order valence-electron chi connectivity index (χ3n) is 9.25. The first-order valence-corrected chi connectivity index (χ1v) is 15.8. The van der Waals surface area contributed by atoms with Crippen molar-refractivity contribution in [3.8, 4) is 0 Å². The summed E-state index contributed by atoms with van der Waals surface area (Å²) in [6.07, 6.45) is 1.47. The number of anilines is 1. The number of carbonyl (C=O) groups excluding carboxylic acids is 1. The number of benzene rings is 4. The van der Waals surface area contributed by atoms with Crippen LogP contribution in [0.3, 0.4) is 0 Å². The van der Waals surface area contributed by atoms with Gasteiger partial charge >= 0.3 is 0 Å². The lowest BCUT2D eigenvalue weighted by Crippen LogP contribution is -2.46. The Hall–Kier alpha value is -5.95. The molecule has 49 heavy (non-hydrogen) atoms. The summed E-state index contributed by atoms with van der Waals surface area (Å²) >= 11 is 0. The SMILES string of the molecule is Nc1ncnc2c1ncn2[C@@H]1O[C@H](CO)[C@@H](O)[C@H]1NC(=O)c1ccc2c(c1)ncn2C(c1ccccc1)(c1ccccc1)c1ccccc1. The van der Waals surface area contributed by atoms with Crippen LogP contribution in [0.25, 0.3) is 22.2 Å². The second-order valence-corrected chi connectivity index (χ2v) is 11.9. The van der Waals surface area contributed by atoms with Gasteiger partial charge in [0.2, 0.25) is 0 Å². The molecule has 1 aliphatic rings. The summed E-state index contributed by atoms with van der Waals surface area (Å²) in [5, 5.41) is 24.0. The maximum absolute atomic E-state index is 13.8. The van der Waals surface area contributed by atoms with Crippen LogP contribution in [-0.2, 0) is 10.3 Å². The quantitative estimate of drug-likeness (QED) is 0.179. The fourth-order valence-corrected chi connectivity index (χ4v) is 6.96. The van der Waals surface area contributed by atoms with Gasteiger partial charge in [0.15, 0.2) is 17.7 Å². The predicted octanol–water partition coefficient (Wildman–Crippen LogP) is 3.65. The Kier molecular flexibility index (Phi) is 7.60. The van der Waals surface area contributed by atoms with E-state index in [4.69, 9.17) is 15.5 Å². The molecule has 3 aromatic heterocycles. The van der Waals surface area contributed by atoms with E-state index in [9.17, 15) is 15.0 Å². The van der Waals surface area contributed by atoms with Gasteiger partial charge in [-0.15, -0.1) is 0 Å². The number of nitrogens with one attached hydrogen (secondary N) is 1. The molecule has 4 aromatic carbocycles. The Morgan fingerprint density at radius 1 is 0.837 bits per heavy atom. The topological polar surface area (TPSA) is 166 Å². The number of aliphatic hydroxyl groups is 2. The minimum absolute atomic E-state index is 0.185. The van der Waals surface area contributed by atoms with E-state index < -0.39 is 42.5 Å². The maximum atomic E-state index is 13.8. The van der Waals surface area contributed by atoms with Crippen LogP contribution in [0.15, 0.2) is 128 Å². The first-order valence-electron chi connectivity index (χ1n) is 15.8. The zero-order valence-electron chi connectivity index (χ0n) is 26.1. The van der Waals surface area contributed by atoms with Crippen molar-refractivity contribution >= 4 is 33.9 Å². The van der Waals surface area contributed by atoms with E-state index in [0.717, 1.165) is 22.2 Å². The van der Waals surface area contributed by atoms with Gasteiger partial charge in [-0.3, -0.25) is 9.36 Å². The van der Waals surface area contributed by atoms with E-state index in [1.54, 1.807) is 16.7 Å². The molecule has 0 radical (unpaired) electrons. The molecule has 5 N–H and O–H groups in total. The van der Waals surface area contributed by atoms with Crippen LogP contribution in [-0.4, -0.2) is 70.0 Å². The van der Waals surface area contributed by atoms with Crippen LogP contribution in [0, 0.1) is 0 Å². The number of carbonyl (C=O) groups is 1. The molecule has 4 heterocycles. The first-order chi connectivity index (χ1) is 24.0. The van der Waals surface area contributed by atoms with Gasteiger partial charge < -0.3 is 30.6 Å². The molecule has 0 aliphatic carbocycles. The lowest BCUT2D eigenvalue weighted by molar-refractivity contribution is -0.0440. The Morgan fingerprint density at radius 2 is 1.47 bits per heavy atom. The Labute approximate surface area is 280 Å². The van der Waals surface area contributed by atoms with Crippen molar-refractivity contribution in [2.75, 3.05) is 12.3 Å². The van der Waals surface area contributed by atoms with Crippen LogP contribution in [0.1, 0.15) is 33.3 Å². The summed E-state index contributed by atoms with van der Waals surface area (Å²) < 4.78 is 9.71. The zero-order chi connectivity index (χ0) is 33.5. The van der Waals surface area contributed by atoms with Crippen molar-refractivity contribution in [2.24, 2.45) is 0 Å². The van der Waals surface area contributed by atoms with Crippen LogP contribution < -0.4 is 11.1 Å². The highest BCUT2D eigenvalue weighted by molar-refractivity contribution is 5.97. The van der Waals surface area contributed by atoms with Crippen molar-refractivity contribution < 1.29 is 19.7 Å². The van der Waals surface area contributed by atoms with Gasteiger partial charge in [-0.05, 0) is 34.9 Å². The Morgan fingerprint density at radius 3 is 2.08 bits per heavy atom. The number of nitrogens with two attached hydrogens (primary N) is 1. The molecule has 0 unspecified atom stereocenters. The van der Waals surface area contributed by atoms with Gasteiger partial charge in [-0.25, -0.2) is 19.9 Å². The molecule has 1 amide bonds. The van der Waals surface area contributed by atoms with Gasteiger partial charge in [0.25, 0.3) is 5.91 Å². The van der Waals surface area contributed by atoms with Gasteiger partial charge in [0.05, 0.1) is 30.3 Å². The van der Waals surface area contributed by atoms with E-state index >= 15 is 0 Å². The number of nitrogen functional groups attached to an aromatic ring is 1. The van der Waals surface area contributed by atoms with Crippen LogP contribution in [0.4, 0.5) is 5.82 Å². The largest absolute Gasteiger partial charge is 0.394 e. The highest BCUT2D eigenvalue weighted by Gasteiger charge is 2.46. The molecule has 12 nitrogen and oxygen atoms in total. The summed E-state index contributed by atoms with van der Waals surface area (Å²) in [6.45, 7) is -0.455. The predicted molar refractivity (Wildman–Crippen MR) is 182 cm³/mol. The molecule has 1 fully saturated rings. The maximum Gasteiger partial charge on any atom is 0.251 e. The average molecular weight is 653 g/mol. The molecular weight excluding hydrogens is 620 g/mol. The minimum Gasteiger partial charge on any atom is -0.394 e. The number of aromatic nitrogens is 6. The average Bonchev–Trinajstić information content (AvgIpc) is 3.86. The Balaban J connectivity index is 1.19. The smallest absolute Gasteiger partial charge is 0.251 e. The van der Waals surface area contributed by atoms with E-state index in [2.05, 4.69) is 61.2 Å². The lowest BCUT2D eigenvalue weighted by Gasteiger charge is -2.38. The van der Waals surface area contributed by atoms with E-state index in [-0.39, 0.29) is 5.82 Å². The number of hydrogen-bond acceptors (Lipinski definition) is 9. The molecule has 7 aromatic rings. The third kappa shape index (κ3) is 4.92. The molecule has 1 saturated heterocycles. The molecule has 0 saturated carbocycles. The zero-order valence-corrected chi connectivity index (χ0v) is 26.1. The number of imidazole rings is 2. The molecule has 12 heteroatoms. The summed E-state index contributed by atoms with van der Waals surface area (Å²) in [5.74, 6) is -0.267. The van der Waals surface area contributed by atoms with Crippen molar-refractivity contribution in [3.05, 3.63) is 150 Å². The van der Waals surface area contributed by atoms with Crippen LogP contribution in [0.5, 0.6) is 0 Å². The number of fused-ring (bicyclic) bond motifs is 2. The fraction of sp³-hybridized carbons (Fsp3) is 0.162.